The van der Waals surface area contributed by atoms with Crippen LogP contribution in [0.2, 0.25) is 0 Å². The summed E-state index contributed by atoms with van der Waals surface area (Å²) in [6.45, 7) is 0.174. The van der Waals surface area contributed by atoms with Crippen molar-refractivity contribution in [3.8, 4) is 0 Å². The number of halogens is 1. The molecule has 2 rings (SSSR count). The summed E-state index contributed by atoms with van der Waals surface area (Å²) >= 11 is 0. The summed E-state index contributed by atoms with van der Waals surface area (Å²) in [5.41, 5.74) is 10.1. The topological polar surface area (TPSA) is 98.2 Å². The summed E-state index contributed by atoms with van der Waals surface area (Å²) in [4.78, 5) is 22.0. The van der Waals surface area contributed by atoms with Crippen molar-refractivity contribution in [2.45, 2.75) is 6.54 Å². The van der Waals surface area contributed by atoms with Crippen LogP contribution in [0.3, 0.4) is 0 Å². The van der Waals surface area contributed by atoms with Crippen molar-refractivity contribution in [2.75, 3.05) is 11.1 Å². The second-order valence-electron chi connectivity index (χ2n) is 3.62. The van der Waals surface area contributed by atoms with E-state index in [0.29, 0.717) is 11.3 Å². The van der Waals surface area contributed by atoms with Crippen molar-refractivity contribution in [3.63, 3.8) is 0 Å². The zero-order valence-electron chi connectivity index (χ0n) is 8.79. The first-order valence-electron chi connectivity index (χ1n) is 4.88. The fraction of sp³-hybridized carbons (Fsp3) is 0.0909. The number of hydrogen-bond acceptors (Lipinski definition) is 5. The van der Waals surface area contributed by atoms with Crippen LogP contribution in [0.15, 0.2) is 27.8 Å². The first kappa shape index (κ1) is 11.3. The van der Waals surface area contributed by atoms with E-state index >= 15 is 0 Å². The highest BCUT2D eigenvalue weighted by molar-refractivity contribution is 5.76. The third kappa shape index (κ3) is 1.90. The Morgan fingerprint density at radius 3 is 2.47 bits per heavy atom. The Labute approximate surface area is 95.6 Å². The molecule has 5 N–H and O–H groups in total. The lowest BCUT2D eigenvalue weighted by Crippen LogP contribution is -2.36. The number of benzene rings is 1. The van der Waals surface area contributed by atoms with Gasteiger partial charge in [0.25, 0.3) is 10.9 Å². The molecule has 2 aromatic rings. The summed E-state index contributed by atoms with van der Waals surface area (Å²) < 4.78 is 13.2. The van der Waals surface area contributed by atoms with Crippen LogP contribution in [0, 0.1) is 5.82 Å². The van der Waals surface area contributed by atoms with Crippen LogP contribution in [0.25, 0.3) is 0 Å². The van der Waals surface area contributed by atoms with Gasteiger partial charge in [0.15, 0.2) is 0 Å². The Morgan fingerprint density at radius 1 is 1.18 bits per heavy atom. The molecule has 0 radical (unpaired) electrons. The maximum absolute atomic E-state index is 13.2. The molecule has 2 aromatic carbocycles. The van der Waals surface area contributed by atoms with Gasteiger partial charge in [-0.25, -0.2) is 4.39 Å². The van der Waals surface area contributed by atoms with Crippen molar-refractivity contribution in [1.29, 1.82) is 0 Å². The highest BCUT2D eigenvalue weighted by atomic mass is 19.1. The lowest BCUT2D eigenvalue weighted by atomic mass is 10.1. The number of nitrogens with two attached hydrogens (primary N) is 2. The molecule has 17 heavy (non-hydrogen) atoms. The van der Waals surface area contributed by atoms with Gasteiger partial charge in [-0.15, -0.1) is 0 Å². The number of nitrogens with one attached hydrogen (secondary N) is 1. The number of rotatable bonds is 3. The molecule has 0 aliphatic rings. The standard InChI is InChI=1S/C11H10FN3O2/c12-6-1-5(4-13)2-7(3-6)15-9-8(14)10(16)11(9)17/h1-3,15H,4,13-14H2. The summed E-state index contributed by atoms with van der Waals surface area (Å²) in [5.74, 6) is -0.479. The van der Waals surface area contributed by atoms with Crippen LogP contribution in [0.4, 0.5) is 21.5 Å². The first-order chi connectivity index (χ1) is 8.02. The summed E-state index contributed by atoms with van der Waals surface area (Å²) in [7, 11) is 0. The molecule has 0 fully saturated rings. The van der Waals surface area contributed by atoms with E-state index in [-0.39, 0.29) is 17.9 Å². The minimum absolute atomic E-state index is 0.00331. The lowest BCUT2D eigenvalue weighted by Gasteiger charge is -2.11. The largest absolute Gasteiger partial charge is 0.394 e. The quantitative estimate of drug-likeness (QED) is 0.660. The third-order valence-corrected chi connectivity index (χ3v) is 2.41. The van der Waals surface area contributed by atoms with E-state index in [1.165, 1.54) is 12.1 Å². The molecular formula is C11H10FN3O2. The molecule has 0 saturated heterocycles. The smallest absolute Gasteiger partial charge is 0.253 e. The molecule has 88 valence electrons. The van der Waals surface area contributed by atoms with E-state index in [2.05, 4.69) is 5.32 Å². The molecule has 0 aliphatic heterocycles. The molecule has 0 aromatic heterocycles. The normalized spacial score (nSPS) is 10.7. The van der Waals surface area contributed by atoms with E-state index in [1.807, 2.05) is 0 Å². The van der Waals surface area contributed by atoms with E-state index in [0.717, 1.165) is 0 Å². The maximum Gasteiger partial charge on any atom is 0.253 e. The first-order valence-corrected chi connectivity index (χ1v) is 4.88. The second kappa shape index (κ2) is 3.99. The van der Waals surface area contributed by atoms with E-state index in [9.17, 15) is 14.0 Å². The molecule has 0 heterocycles. The maximum atomic E-state index is 13.2. The fourth-order valence-electron chi connectivity index (χ4n) is 1.52. The van der Waals surface area contributed by atoms with E-state index in [1.54, 1.807) is 6.07 Å². The molecule has 0 aliphatic carbocycles. The Morgan fingerprint density at radius 2 is 1.88 bits per heavy atom. The highest BCUT2D eigenvalue weighted by Crippen LogP contribution is 2.20. The van der Waals surface area contributed by atoms with Gasteiger partial charge in [-0.05, 0) is 23.8 Å². The van der Waals surface area contributed by atoms with Crippen LogP contribution in [0.1, 0.15) is 5.56 Å². The summed E-state index contributed by atoms with van der Waals surface area (Å²) in [5, 5.41) is 2.61. The zero-order valence-corrected chi connectivity index (χ0v) is 8.79. The number of nitrogen functional groups attached to an aromatic ring is 1. The predicted octanol–water partition coefficient (Wildman–Crippen LogP) is 0.206. The third-order valence-electron chi connectivity index (χ3n) is 2.41. The average Bonchev–Trinajstić information content (AvgIpc) is 2.33. The van der Waals surface area contributed by atoms with Crippen LogP contribution in [-0.4, -0.2) is 0 Å². The van der Waals surface area contributed by atoms with Gasteiger partial charge in [0.1, 0.15) is 17.2 Å². The molecule has 0 unspecified atom stereocenters. The van der Waals surface area contributed by atoms with Gasteiger partial charge in [-0.2, -0.15) is 0 Å². The Hall–Kier alpha value is -2.21. The number of anilines is 3. The zero-order chi connectivity index (χ0) is 12.6. The van der Waals surface area contributed by atoms with Crippen molar-refractivity contribution < 1.29 is 4.39 Å². The molecule has 6 heteroatoms. The average molecular weight is 235 g/mol. The van der Waals surface area contributed by atoms with E-state index < -0.39 is 16.7 Å². The highest BCUT2D eigenvalue weighted by Gasteiger charge is 2.17. The van der Waals surface area contributed by atoms with Crippen molar-refractivity contribution in [2.24, 2.45) is 5.73 Å². The van der Waals surface area contributed by atoms with Crippen LogP contribution in [0.5, 0.6) is 0 Å². The van der Waals surface area contributed by atoms with Crippen molar-refractivity contribution in [3.05, 3.63) is 50.0 Å². The monoisotopic (exact) mass is 235 g/mol. The molecule has 5 nitrogen and oxygen atoms in total. The van der Waals surface area contributed by atoms with Gasteiger partial charge in [0, 0.05) is 12.2 Å². The van der Waals surface area contributed by atoms with Crippen molar-refractivity contribution in [1.82, 2.24) is 0 Å². The van der Waals surface area contributed by atoms with Crippen LogP contribution >= 0.6 is 0 Å². The fourth-order valence-corrected chi connectivity index (χ4v) is 1.52. The molecule has 0 saturated carbocycles. The Kier molecular flexibility index (Phi) is 2.64. The second-order valence-corrected chi connectivity index (χ2v) is 3.62. The van der Waals surface area contributed by atoms with Gasteiger partial charge in [0.05, 0.1) is 0 Å². The van der Waals surface area contributed by atoms with Gasteiger partial charge in [0.2, 0.25) is 0 Å². The molecule has 0 atom stereocenters. The van der Waals surface area contributed by atoms with E-state index in [4.69, 9.17) is 11.5 Å². The molecule has 0 bridgehead atoms. The minimum atomic E-state index is -0.719. The van der Waals surface area contributed by atoms with Gasteiger partial charge < -0.3 is 16.8 Å². The summed E-state index contributed by atoms with van der Waals surface area (Å²) in [6, 6.07) is 4.06. The van der Waals surface area contributed by atoms with Crippen LogP contribution in [-0.2, 0) is 6.54 Å². The Bertz CT molecular complexity index is 644. The predicted molar refractivity (Wildman–Crippen MR) is 63.3 cm³/mol. The van der Waals surface area contributed by atoms with Gasteiger partial charge >= 0.3 is 0 Å². The Balaban J connectivity index is 2.34. The lowest BCUT2D eigenvalue weighted by molar-refractivity contribution is 0.626. The summed E-state index contributed by atoms with van der Waals surface area (Å²) in [6.07, 6.45) is 0. The van der Waals surface area contributed by atoms with Gasteiger partial charge in [-0.3, -0.25) is 9.59 Å². The molecule has 0 spiro atoms. The van der Waals surface area contributed by atoms with Gasteiger partial charge in [-0.1, -0.05) is 0 Å². The molecule has 0 amide bonds. The molecular weight excluding hydrogens is 225 g/mol. The van der Waals surface area contributed by atoms with Crippen LogP contribution < -0.4 is 27.6 Å². The number of hydrogen-bond donors (Lipinski definition) is 3. The van der Waals surface area contributed by atoms with Crippen molar-refractivity contribution >= 4 is 17.1 Å². The minimum Gasteiger partial charge on any atom is -0.394 e. The SMILES string of the molecule is NCc1cc(F)cc(Nc2c(N)c(=O)c2=O)c1.